The Labute approximate surface area is 130 Å². The number of carbonyl (C=O) groups is 1. The number of hydrazone groups is 1. The van der Waals surface area contributed by atoms with Crippen LogP contribution in [0.3, 0.4) is 0 Å². The molecule has 2 aromatic rings. The molecule has 0 fully saturated rings. The van der Waals surface area contributed by atoms with E-state index < -0.39 is 4.92 Å². The molecule has 0 aliphatic heterocycles. The molecule has 0 unspecified atom stereocenters. The molecular weight excluding hydrogens is 306 g/mol. The first-order valence-corrected chi connectivity index (χ1v) is 7.47. The van der Waals surface area contributed by atoms with E-state index in [2.05, 4.69) is 10.5 Å². The average Bonchev–Trinajstić information content (AvgIpc) is 3.01. The van der Waals surface area contributed by atoms with E-state index in [0.717, 1.165) is 5.56 Å². The second-order valence-electron chi connectivity index (χ2n) is 4.22. The Morgan fingerprint density at radius 3 is 2.77 bits per heavy atom. The lowest BCUT2D eigenvalue weighted by atomic mass is 10.2. The molecule has 1 heterocycles. The molecule has 8 heteroatoms. The number of nitrogens with one attached hydrogen (secondary N) is 1. The molecule has 1 N–H and O–H groups in total. The van der Waals surface area contributed by atoms with Crippen LogP contribution in [0.15, 0.2) is 52.2 Å². The molecule has 0 bridgehead atoms. The average molecular weight is 319 g/mol. The summed E-state index contributed by atoms with van der Waals surface area (Å²) in [5.74, 6) is 1.16. The highest BCUT2D eigenvalue weighted by Gasteiger charge is 2.05. The number of non-ortho nitro benzene ring substituents is 1. The van der Waals surface area contributed by atoms with Gasteiger partial charge in [0.1, 0.15) is 5.76 Å². The number of thioether (sulfide) groups is 1. The van der Waals surface area contributed by atoms with Crippen LogP contribution in [0.4, 0.5) is 5.69 Å². The Kier molecular flexibility index (Phi) is 5.73. The van der Waals surface area contributed by atoms with Crippen molar-refractivity contribution >= 4 is 29.6 Å². The van der Waals surface area contributed by atoms with Gasteiger partial charge in [0, 0.05) is 17.9 Å². The molecule has 1 aromatic carbocycles. The molecule has 0 spiro atoms. The zero-order valence-corrected chi connectivity index (χ0v) is 12.3. The van der Waals surface area contributed by atoms with Crippen LogP contribution in [0, 0.1) is 10.1 Å². The van der Waals surface area contributed by atoms with Gasteiger partial charge in [0.15, 0.2) is 0 Å². The van der Waals surface area contributed by atoms with Gasteiger partial charge in [-0.25, -0.2) is 5.43 Å². The lowest BCUT2D eigenvalue weighted by Gasteiger charge is -2.01. The summed E-state index contributed by atoms with van der Waals surface area (Å²) in [6, 6.07) is 9.70. The van der Waals surface area contributed by atoms with Crippen LogP contribution in [-0.4, -0.2) is 22.8 Å². The Hall–Kier alpha value is -2.61. The van der Waals surface area contributed by atoms with Crippen LogP contribution in [0.5, 0.6) is 0 Å². The van der Waals surface area contributed by atoms with E-state index in [1.165, 1.54) is 36.4 Å². The van der Waals surface area contributed by atoms with Gasteiger partial charge in [0.25, 0.3) is 5.69 Å². The monoisotopic (exact) mass is 319 g/mol. The van der Waals surface area contributed by atoms with Crippen LogP contribution in [0.1, 0.15) is 11.3 Å². The third kappa shape index (κ3) is 5.06. The number of nitrogens with zero attached hydrogens (tertiary/aromatic N) is 2. The van der Waals surface area contributed by atoms with Crippen molar-refractivity contribution in [2.24, 2.45) is 5.10 Å². The fourth-order valence-corrected chi connectivity index (χ4v) is 2.32. The normalized spacial score (nSPS) is 10.7. The van der Waals surface area contributed by atoms with Crippen molar-refractivity contribution < 1.29 is 14.1 Å². The molecule has 0 atom stereocenters. The standard InChI is InChI=1S/C14H13N3O4S/c18-14(16-15-8-13-2-1-7-21-13)10-22-9-11-3-5-12(6-4-11)17(19)20/h1-8H,9-10H2,(H,16,18)/b15-8-. The van der Waals surface area contributed by atoms with Crippen molar-refractivity contribution in [3.63, 3.8) is 0 Å². The maximum atomic E-state index is 11.5. The summed E-state index contributed by atoms with van der Waals surface area (Å²) in [5.41, 5.74) is 3.36. The summed E-state index contributed by atoms with van der Waals surface area (Å²) in [4.78, 5) is 21.6. The highest BCUT2D eigenvalue weighted by atomic mass is 32.2. The van der Waals surface area contributed by atoms with E-state index in [1.54, 1.807) is 24.3 Å². The fraction of sp³-hybridized carbons (Fsp3) is 0.143. The zero-order chi connectivity index (χ0) is 15.8. The zero-order valence-electron chi connectivity index (χ0n) is 11.5. The summed E-state index contributed by atoms with van der Waals surface area (Å²) >= 11 is 1.40. The van der Waals surface area contributed by atoms with E-state index >= 15 is 0 Å². The van der Waals surface area contributed by atoms with E-state index in [9.17, 15) is 14.9 Å². The largest absolute Gasteiger partial charge is 0.463 e. The Balaban J connectivity index is 1.69. The van der Waals surface area contributed by atoms with Gasteiger partial charge in [0.2, 0.25) is 5.91 Å². The number of benzene rings is 1. The number of rotatable bonds is 7. The van der Waals surface area contributed by atoms with Crippen molar-refractivity contribution in [3.05, 3.63) is 64.1 Å². The maximum Gasteiger partial charge on any atom is 0.269 e. The highest BCUT2D eigenvalue weighted by molar-refractivity contribution is 7.99. The number of hydrogen-bond donors (Lipinski definition) is 1. The van der Waals surface area contributed by atoms with Crippen LogP contribution in [-0.2, 0) is 10.5 Å². The summed E-state index contributed by atoms with van der Waals surface area (Å²) < 4.78 is 5.03. The fourth-order valence-electron chi connectivity index (χ4n) is 1.54. The summed E-state index contributed by atoms with van der Waals surface area (Å²) in [6.07, 6.45) is 2.93. The SMILES string of the molecule is O=C(CSCc1ccc([N+](=O)[O-])cc1)N/N=C\c1ccco1. The molecule has 2 rings (SSSR count). The Morgan fingerprint density at radius 2 is 2.14 bits per heavy atom. The number of carbonyl (C=O) groups excluding carboxylic acids is 1. The second kappa shape index (κ2) is 7.99. The van der Waals surface area contributed by atoms with Crippen LogP contribution in [0.2, 0.25) is 0 Å². The van der Waals surface area contributed by atoms with Gasteiger partial charge in [0.05, 0.1) is 23.2 Å². The number of nitro groups is 1. The van der Waals surface area contributed by atoms with Crippen LogP contribution < -0.4 is 5.43 Å². The van der Waals surface area contributed by atoms with E-state index in [4.69, 9.17) is 4.42 Å². The van der Waals surface area contributed by atoms with Gasteiger partial charge in [-0.3, -0.25) is 14.9 Å². The van der Waals surface area contributed by atoms with Gasteiger partial charge < -0.3 is 4.42 Å². The maximum absolute atomic E-state index is 11.5. The lowest BCUT2D eigenvalue weighted by molar-refractivity contribution is -0.384. The minimum absolute atomic E-state index is 0.0544. The van der Waals surface area contributed by atoms with Gasteiger partial charge >= 0.3 is 0 Å². The van der Waals surface area contributed by atoms with E-state index in [1.807, 2.05) is 0 Å². The summed E-state index contributed by atoms with van der Waals surface area (Å²) in [5, 5.41) is 14.3. The number of amides is 1. The molecule has 0 aliphatic rings. The third-order valence-electron chi connectivity index (χ3n) is 2.57. The van der Waals surface area contributed by atoms with Crippen LogP contribution in [0.25, 0.3) is 0 Å². The van der Waals surface area contributed by atoms with Gasteiger partial charge in [-0.2, -0.15) is 5.10 Å². The smallest absolute Gasteiger partial charge is 0.269 e. The molecule has 7 nitrogen and oxygen atoms in total. The first-order chi connectivity index (χ1) is 10.6. The number of hydrogen-bond acceptors (Lipinski definition) is 6. The third-order valence-corrected chi connectivity index (χ3v) is 3.58. The van der Waals surface area contributed by atoms with E-state index in [0.29, 0.717) is 11.5 Å². The van der Waals surface area contributed by atoms with Crippen molar-refractivity contribution in [2.75, 3.05) is 5.75 Å². The lowest BCUT2D eigenvalue weighted by Crippen LogP contribution is -2.19. The molecule has 1 amide bonds. The van der Waals surface area contributed by atoms with Gasteiger partial charge in [-0.1, -0.05) is 12.1 Å². The minimum atomic E-state index is -0.443. The first-order valence-electron chi connectivity index (χ1n) is 6.31. The van der Waals surface area contributed by atoms with Crippen molar-refractivity contribution in [3.8, 4) is 0 Å². The second-order valence-corrected chi connectivity index (χ2v) is 5.21. The number of furan rings is 1. The van der Waals surface area contributed by atoms with Crippen molar-refractivity contribution in [1.82, 2.24) is 5.43 Å². The summed E-state index contributed by atoms with van der Waals surface area (Å²) in [6.45, 7) is 0. The molecule has 0 radical (unpaired) electrons. The Morgan fingerprint density at radius 1 is 1.36 bits per heavy atom. The minimum Gasteiger partial charge on any atom is -0.463 e. The molecule has 0 aliphatic carbocycles. The predicted molar refractivity (Wildman–Crippen MR) is 83.7 cm³/mol. The van der Waals surface area contributed by atoms with Crippen molar-refractivity contribution in [2.45, 2.75) is 5.75 Å². The van der Waals surface area contributed by atoms with Gasteiger partial charge in [-0.05, 0) is 17.7 Å². The van der Waals surface area contributed by atoms with Gasteiger partial charge in [-0.15, -0.1) is 11.8 Å². The number of nitro benzene ring substituents is 1. The Bertz CT molecular complexity index is 653. The summed E-state index contributed by atoms with van der Waals surface area (Å²) in [7, 11) is 0. The van der Waals surface area contributed by atoms with Crippen molar-refractivity contribution in [1.29, 1.82) is 0 Å². The molecule has 0 saturated heterocycles. The highest BCUT2D eigenvalue weighted by Crippen LogP contribution is 2.16. The molecule has 114 valence electrons. The molecule has 0 saturated carbocycles. The first kappa shape index (κ1) is 15.8. The topological polar surface area (TPSA) is 97.7 Å². The molecule has 1 aromatic heterocycles. The van der Waals surface area contributed by atoms with E-state index in [-0.39, 0.29) is 17.3 Å². The quantitative estimate of drug-likeness (QED) is 0.480. The van der Waals surface area contributed by atoms with Crippen LogP contribution >= 0.6 is 11.8 Å². The predicted octanol–water partition coefficient (Wildman–Crippen LogP) is 2.57. The molecular formula is C14H13N3O4S. The molecule has 22 heavy (non-hydrogen) atoms.